The van der Waals surface area contributed by atoms with E-state index in [4.69, 9.17) is 20.8 Å². The number of aryl methyl sites for hydroxylation is 1. The second-order valence-electron chi connectivity index (χ2n) is 4.91. The third kappa shape index (κ3) is 3.00. The van der Waals surface area contributed by atoms with Crippen molar-refractivity contribution >= 4 is 28.5 Å². The van der Waals surface area contributed by atoms with Crippen molar-refractivity contribution < 1.29 is 23.1 Å². The van der Waals surface area contributed by atoms with E-state index < -0.39 is 11.8 Å². The molecule has 0 aliphatic carbocycles. The highest BCUT2D eigenvalue weighted by atomic mass is 35.5. The van der Waals surface area contributed by atoms with Crippen LogP contribution in [-0.4, -0.2) is 13.1 Å². The molecule has 0 radical (unpaired) electrons. The van der Waals surface area contributed by atoms with Gasteiger partial charge in [0.1, 0.15) is 17.3 Å². The monoisotopic (exact) mass is 334 g/mol. The Morgan fingerprint density at radius 2 is 2.00 bits per heavy atom. The van der Waals surface area contributed by atoms with Crippen LogP contribution in [0.5, 0.6) is 11.5 Å². The molecule has 0 saturated carbocycles. The summed E-state index contributed by atoms with van der Waals surface area (Å²) in [6, 6.07) is 8.80. The Balaban J connectivity index is 1.99. The van der Waals surface area contributed by atoms with Gasteiger partial charge >= 0.3 is 5.97 Å². The Morgan fingerprint density at radius 3 is 2.70 bits per heavy atom. The van der Waals surface area contributed by atoms with E-state index in [-0.39, 0.29) is 16.3 Å². The number of hydrogen-bond donors (Lipinski definition) is 0. The normalized spacial score (nSPS) is 10.8. The van der Waals surface area contributed by atoms with E-state index in [2.05, 4.69) is 4.74 Å². The van der Waals surface area contributed by atoms with E-state index in [9.17, 15) is 9.18 Å². The van der Waals surface area contributed by atoms with Gasteiger partial charge in [-0.25, -0.2) is 9.18 Å². The molecule has 1 aromatic heterocycles. The molecule has 0 aliphatic heterocycles. The van der Waals surface area contributed by atoms with Gasteiger partial charge in [-0.2, -0.15) is 0 Å². The summed E-state index contributed by atoms with van der Waals surface area (Å²) in [4.78, 5) is 11.5. The lowest BCUT2D eigenvalue weighted by molar-refractivity contribution is 0.0601. The van der Waals surface area contributed by atoms with Crippen LogP contribution in [-0.2, 0) is 4.74 Å². The molecule has 0 fully saturated rings. The van der Waals surface area contributed by atoms with E-state index >= 15 is 0 Å². The minimum absolute atomic E-state index is 0.178. The van der Waals surface area contributed by atoms with Gasteiger partial charge in [0.2, 0.25) is 0 Å². The average molecular weight is 335 g/mol. The summed E-state index contributed by atoms with van der Waals surface area (Å²) >= 11 is 6.04. The van der Waals surface area contributed by atoms with Crippen LogP contribution in [0.25, 0.3) is 11.0 Å². The van der Waals surface area contributed by atoms with Gasteiger partial charge in [0.25, 0.3) is 0 Å². The molecule has 0 amide bonds. The summed E-state index contributed by atoms with van der Waals surface area (Å²) in [6.45, 7) is 1.77. The summed E-state index contributed by atoms with van der Waals surface area (Å²) in [5.74, 6) is 0.245. The molecule has 0 saturated heterocycles. The van der Waals surface area contributed by atoms with E-state index in [1.165, 1.54) is 31.4 Å². The van der Waals surface area contributed by atoms with E-state index in [1.54, 1.807) is 19.1 Å². The van der Waals surface area contributed by atoms with Gasteiger partial charge in [0, 0.05) is 17.5 Å². The van der Waals surface area contributed by atoms with Gasteiger partial charge in [0.15, 0.2) is 11.3 Å². The Kier molecular flexibility index (Phi) is 3.96. The van der Waals surface area contributed by atoms with Crippen LogP contribution < -0.4 is 4.74 Å². The van der Waals surface area contributed by atoms with Crippen molar-refractivity contribution in [2.75, 3.05) is 7.11 Å². The number of rotatable bonds is 3. The molecule has 0 N–H and O–H groups in total. The summed E-state index contributed by atoms with van der Waals surface area (Å²) in [5.41, 5.74) is 0.664. The van der Waals surface area contributed by atoms with Gasteiger partial charge in [0.05, 0.1) is 17.7 Å². The molecule has 0 atom stereocenters. The topological polar surface area (TPSA) is 48.7 Å². The average Bonchev–Trinajstić information content (AvgIpc) is 2.87. The maximum Gasteiger partial charge on any atom is 0.339 e. The highest BCUT2D eigenvalue weighted by molar-refractivity contribution is 6.33. The van der Waals surface area contributed by atoms with E-state index in [1.807, 2.05) is 0 Å². The molecule has 0 aliphatic rings. The van der Waals surface area contributed by atoms with Crippen LogP contribution in [0.1, 0.15) is 16.1 Å². The number of benzene rings is 2. The lowest BCUT2D eigenvalue weighted by Crippen LogP contribution is -2.01. The molecule has 6 heteroatoms. The Morgan fingerprint density at radius 1 is 1.22 bits per heavy atom. The summed E-state index contributed by atoms with van der Waals surface area (Å²) in [7, 11) is 1.27. The Bertz CT molecular complexity index is 901. The molecule has 0 unspecified atom stereocenters. The number of fused-ring (bicyclic) bond motifs is 1. The summed E-state index contributed by atoms with van der Waals surface area (Å²) in [5, 5.41) is 0.785. The highest BCUT2D eigenvalue weighted by Crippen LogP contribution is 2.34. The maximum absolute atomic E-state index is 13.7. The van der Waals surface area contributed by atoms with Gasteiger partial charge in [-0.3, -0.25) is 0 Å². The van der Waals surface area contributed by atoms with Crippen LogP contribution in [0, 0.1) is 12.7 Å². The number of carbonyl (C=O) groups is 1. The Labute approximate surface area is 136 Å². The first-order chi connectivity index (χ1) is 11.0. The number of esters is 1. The fourth-order valence-corrected chi connectivity index (χ4v) is 2.50. The molecule has 0 spiro atoms. The number of hydrogen-bond acceptors (Lipinski definition) is 4. The zero-order valence-electron chi connectivity index (χ0n) is 12.4. The fraction of sp³-hybridized carbons (Fsp3) is 0.118. The molecule has 3 rings (SSSR count). The Hall–Kier alpha value is -2.53. The quantitative estimate of drug-likeness (QED) is 0.624. The van der Waals surface area contributed by atoms with Crippen molar-refractivity contribution in [1.29, 1.82) is 0 Å². The molecular weight excluding hydrogens is 323 g/mol. The van der Waals surface area contributed by atoms with Crippen LogP contribution >= 0.6 is 11.6 Å². The summed E-state index contributed by atoms with van der Waals surface area (Å²) < 4.78 is 29.5. The first-order valence-corrected chi connectivity index (χ1v) is 7.11. The van der Waals surface area contributed by atoms with Crippen LogP contribution in [0.4, 0.5) is 4.39 Å². The van der Waals surface area contributed by atoms with Crippen molar-refractivity contribution in [2.24, 2.45) is 0 Å². The van der Waals surface area contributed by atoms with Crippen molar-refractivity contribution in [3.05, 3.63) is 58.6 Å². The molecule has 3 aromatic rings. The minimum atomic E-state index is -0.545. The summed E-state index contributed by atoms with van der Waals surface area (Å²) in [6.07, 6.45) is 0. The molecule has 2 aromatic carbocycles. The smallest absolute Gasteiger partial charge is 0.339 e. The molecular formula is C17H12ClFO4. The van der Waals surface area contributed by atoms with E-state index in [0.717, 1.165) is 0 Å². The van der Waals surface area contributed by atoms with Gasteiger partial charge in [-0.15, -0.1) is 0 Å². The van der Waals surface area contributed by atoms with Crippen molar-refractivity contribution in [3.8, 4) is 11.5 Å². The standard InChI is InChI=1S/C17H12ClFO4/c1-9-5-10-6-11(19)7-15(16(10)22-9)23-12-3-4-13(14(18)8-12)17(20)21-2/h3-8H,1-2H3. The maximum atomic E-state index is 13.7. The SMILES string of the molecule is COC(=O)c1ccc(Oc2cc(F)cc3cc(C)oc23)cc1Cl. The second-order valence-corrected chi connectivity index (χ2v) is 5.32. The van der Waals surface area contributed by atoms with Gasteiger partial charge in [-0.05, 0) is 31.2 Å². The van der Waals surface area contributed by atoms with Crippen molar-refractivity contribution in [1.82, 2.24) is 0 Å². The van der Waals surface area contributed by atoms with Crippen molar-refractivity contribution in [2.45, 2.75) is 6.92 Å². The zero-order chi connectivity index (χ0) is 16.6. The number of ether oxygens (including phenoxy) is 2. The fourth-order valence-electron chi connectivity index (χ4n) is 2.25. The number of furan rings is 1. The second kappa shape index (κ2) is 5.93. The zero-order valence-corrected chi connectivity index (χ0v) is 13.1. The third-order valence-corrected chi connectivity index (χ3v) is 3.56. The number of halogens is 2. The van der Waals surface area contributed by atoms with Crippen LogP contribution in [0.2, 0.25) is 5.02 Å². The first-order valence-electron chi connectivity index (χ1n) is 6.73. The lowest BCUT2D eigenvalue weighted by Gasteiger charge is -2.08. The molecule has 4 nitrogen and oxygen atoms in total. The number of carbonyl (C=O) groups excluding carboxylic acids is 1. The largest absolute Gasteiger partial charge is 0.465 e. The van der Waals surface area contributed by atoms with Crippen molar-refractivity contribution in [3.63, 3.8) is 0 Å². The van der Waals surface area contributed by atoms with E-state index in [0.29, 0.717) is 22.5 Å². The third-order valence-electron chi connectivity index (χ3n) is 3.24. The highest BCUT2D eigenvalue weighted by Gasteiger charge is 2.14. The molecule has 0 bridgehead atoms. The predicted octanol–water partition coefficient (Wildman–Crippen LogP) is 5.11. The van der Waals surface area contributed by atoms with Gasteiger partial charge in [-0.1, -0.05) is 11.6 Å². The number of methoxy groups -OCH3 is 1. The molecule has 23 heavy (non-hydrogen) atoms. The minimum Gasteiger partial charge on any atom is -0.465 e. The molecule has 118 valence electrons. The first kappa shape index (κ1) is 15.4. The van der Waals surface area contributed by atoms with Crippen LogP contribution in [0.15, 0.2) is 40.8 Å². The van der Waals surface area contributed by atoms with Gasteiger partial charge < -0.3 is 13.9 Å². The molecule has 1 heterocycles. The predicted molar refractivity (Wildman–Crippen MR) is 83.8 cm³/mol. The van der Waals surface area contributed by atoms with Crippen LogP contribution in [0.3, 0.4) is 0 Å². The lowest BCUT2D eigenvalue weighted by atomic mass is 10.2.